The van der Waals surface area contributed by atoms with E-state index in [1.165, 1.54) is 20.5 Å². The first kappa shape index (κ1) is 16.9. The van der Waals surface area contributed by atoms with E-state index in [0.29, 0.717) is 28.6 Å². The highest BCUT2D eigenvalue weighted by Crippen LogP contribution is 2.43. The lowest BCUT2D eigenvalue weighted by molar-refractivity contribution is 0.252. The summed E-state index contributed by atoms with van der Waals surface area (Å²) in [4.78, 5) is 18.3. The van der Waals surface area contributed by atoms with Gasteiger partial charge in [-0.15, -0.1) is 5.92 Å². The van der Waals surface area contributed by atoms with Gasteiger partial charge < -0.3 is 10.1 Å². The number of ether oxygens (including phenoxy) is 1. The Kier molecular flexibility index (Phi) is 3.93. The van der Waals surface area contributed by atoms with Gasteiger partial charge >= 0.3 is 6.03 Å². The van der Waals surface area contributed by atoms with Crippen LogP contribution in [0.25, 0.3) is 10.2 Å². The van der Waals surface area contributed by atoms with Crippen LogP contribution in [0.2, 0.25) is 0 Å². The van der Waals surface area contributed by atoms with Crippen molar-refractivity contribution >= 4 is 48.4 Å². The fraction of sp³-hybridized carbons (Fsp3) is 0.375. The molecule has 0 radical (unpaired) electrons. The average molecular weight is 392 g/mol. The minimum atomic E-state index is -3.47. The number of thiazole rings is 1. The Morgan fingerprint density at radius 2 is 2.23 bits per heavy atom. The second kappa shape index (κ2) is 6.03. The molecule has 0 aliphatic carbocycles. The number of benzene rings is 1. The van der Waals surface area contributed by atoms with Crippen LogP contribution in [0.15, 0.2) is 12.1 Å². The quantitative estimate of drug-likeness (QED) is 0.780. The number of nitrogens with zero attached hydrogens (tertiary/aromatic N) is 3. The van der Waals surface area contributed by atoms with E-state index in [1.54, 1.807) is 13.0 Å². The number of anilines is 2. The van der Waals surface area contributed by atoms with Crippen LogP contribution >= 0.6 is 11.3 Å². The van der Waals surface area contributed by atoms with Crippen molar-refractivity contribution in [2.24, 2.45) is 0 Å². The summed E-state index contributed by atoms with van der Waals surface area (Å²) in [6.07, 6.45) is 1.16. The standard InChI is InChI=1S/C16H16N4O4S2/c1-3-4-10-9-17-15(21)20(10)16-18-13-12(25-16)6-5-11-14(13)19(7-8-24-11)26(2,22)23/h5-6,10H,7-9H2,1-2H3,(H,17,21). The third-order valence-electron chi connectivity index (χ3n) is 4.18. The van der Waals surface area contributed by atoms with Crippen molar-refractivity contribution in [2.45, 2.75) is 13.0 Å². The maximum Gasteiger partial charge on any atom is 0.324 e. The number of hydrogen-bond acceptors (Lipinski definition) is 6. The second-order valence-corrected chi connectivity index (χ2v) is 8.82. The van der Waals surface area contributed by atoms with Crippen LogP contribution in [-0.4, -0.2) is 51.4 Å². The first-order valence-corrected chi connectivity index (χ1v) is 10.6. The van der Waals surface area contributed by atoms with Gasteiger partial charge in [-0.25, -0.2) is 18.2 Å². The summed E-state index contributed by atoms with van der Waals surface area (Å²) in [5.41, 5.74) is 0.937. The summed E-state index contributed by atoms with van der Waals surface area (Å²) in [5, 5.41) is 3.24. The number of hydrogen-bond donors (Lipinski definition) is 1. The lowest BCUT2D eigenvalue weighted by Crippen LogP contribution is -2.37. The van der Waals surface area contributed by atoms with E-state index in [4.69, 9.17) is 4.74 Å². The predicted molar refractivity (Wildman–Crippen MR) is 100 cm³/mol. The van der Waals surface area contributed by atoms with Crippen LogP contribution in [0.4, 0.5) is 15.6 Å². The molecule has 1 aromatic carbocycles. The molecule has 1 fully saturated rings. The lowest BCUT2D eigenvalue weighted by Gasteiger charge is -2.29. The molecule has 2 aromatic rings. The van der Waals surface area contributed by atoms with Gasteiger partial charge in [-0.1, -0.05) is 17.3 Å². The molecule has 0 saturated carbocycles. The average Bonchev–Trinajstić information content (AvgIpc) is 3.17. The molecule has 1 aromatic heterocycles. The van der Waals surface area contributed by atoms with Crippen molar-refractivity contribution in [2.75, 3.05) is 35.2 Å². The van der Waals surface area contributed by atoms with Crippen molar-refractivity contribution in [1.29, 1.82) is 0 Å². The van der Waals surface area contributed by atoms with Crippen LogP contribution in [0.5, 0.6) is 5.75 Å². The van der Waals surface area contributed by atoms with E-state index in [0.717, 1.165) is 11.0 Å². The maximum absolute atomic E-state index is 12.2. The molecular weight excluding hydrogens is 376 g/mol. The lowest BCUT2D eigenvalue weighted by atomic mass is 10.2. The number of urea groups is 1. The molecule has 2 amide bonds. The third-order valence-corrected chi connectivity index (χ3v) is 6.37. The van der Waals surface area contributed by atoms with Crippen LogP contribution in [0, 0.1) is 11.8 Å². The number of fused-ring (bicyclic) bond motifs is 3. The second-order valence-electron chi connectivity index (χ2n) is 5.91. The van der Waals surface area contributed by atoms with E-state index >= 15 is 0 Å². The zero-order valence-corrected chi connectivity index (χ0v) is 15.8. The predicted octanol–water partition coefficient (Wildman–Crippen LogP) is 1.38. The molecule has 136 valence electrons. The Hall–Kier alpha value is -2.51. The zero-order chi connectivity index (χ0) is 18.5. The van der Waals surface area contributed by atoms with Gasteiger partial charge in [0.05, 0.1) is 24.0 Å². The number of sulfonamides is 1. The van der Waals surface area contributed by atoms with Gasteiger partial charge in [0.25, 0.3) is 0 Å². The molecular formula is C16H16N4O4S2. The molecule has 0 bridgehead atoms. The Labute approximate surface area is 154 Å². The van der Waals surface area contributed by atoms with Crippen LogP contribution in [0.1, 0.15) is 6.92 Å². The van der Waals surface area contributed by atoms with Crippen molar-refractivity contribution in [1.82, 2.24) is 10.3 Å². The molecule has 2 aliphatic rings. The number of nitrogens with one attached hydrogen (secondary N) is 1. The van der Waals surface area contributed by atoms with Gasteiger partial charge in [0.2, 0.25) is 10.0 Å². The van der Waals surface area contributed by atoms with E-state index in [2.05, 4.69) is 22.1 Å². The molecule has 3 heterocycles. The van der Waals surface area contributed by atoms with E-state index < -0.39 is 10.0 Å². The monoisotopic (exact) mass is 392 g/mol. The topological polar surface area (TPSA) is 91.8 Å². The van der Waals surface area contributed by atoms with Gasteiger partial charge in [0, 0.05) is 0 Å². The molecule has 1 saturated heterocycles. The Balaban J connectivity index is 1.88. The summed E-state index contributed by atoms with van der Waals surface area (Å²) in [7, 11) is -3.47. The molecule has 1 atom stereocenters. The molecule has 0 spiro atoms. The molecule has 1 unspecified atom stereocenters. The number of carbonyl (C=O) groups is 1. The summed E-state index contributed by atoms with van der Waals surface area (Å²) >= 11 is 1.32. The fourth-order valence-corrected chi connectivity index (χ4v) is 5.03. The van der Waals surface area contributed by atoms with Gasteiger partial charge in [0.15, 0.2) is 5.13 Å². The SMILES string of the molecule is CC#CC1CNC(=O)N1c1nc2c3c(ccc2s1)OCCN3S(C)(=O)=O. The largest absolute Gasteiger partial charge is 0.489 e. The van der Waals surface area contributed by atoms with Gasteiger partial charge in [-0.3, -0.25) is 9.21 Å². The zero-order valence-electron chi connectivity index (χ0n) is 14.1. The number of amides is 2. The molecule has 1 N–H and O–H groups in total. The summed E-state index contributed by atoms with van der Waals surface area (Å²) in [6.45, 7) is 2.65. The highest BCUT2D eigenvalue weighted by atomic mass is 32.2. The summed E-state index contributed by atoms with van der Waals surface area (Å²) < 4.78 is 32.1. The van der Waals surface area contributed by atoms with Crippen molar-refractivity contribution in [3.8, 4) is 17.6 Å². The Bertz CT molecular complexity index is 1070. The third kappa shape index (κ3) is 2.64. The molecule has 8 nitrogen and oxygen atoms in total. The smallest absolute Gasteiger partial charge is 0.324 e. The van der Waals surface area contributed by atoms with Crippen molar-refractivity contribution in [3.63, 3.8) is 0 Å². The first-order valence-electron chi connectivity index (χ1n) is 7.93. The Morgan fingerprint density at radius 3 is 2.96 bits per heavy atom. The number of carbonyl (C=O) groups excluding carboxylic acids is 1. The van der Waals surface area contributed by atoms with Gasteiger partial charge in [-0.05, 0) is 19.1 Å². The van der Waals surface area contributed by atoms with Crippen molar-refractivity contribution < 1.29 is 17.9 Å². The normalized spacial score (nSPS) is 19.6. The number of rotatable bonds is 2. The van der Waals surface area contributed by atoms with Crippen LogP contribution < -0.4 is 19.3 Å². The summed E-state index contributed by atoms with van der Waals surface area (Å²) in [6, 6.07) is 3.01. The van der Waals surface area contributed by atoms with Gasteiger partial charge in [0.1, 0.15) is 29.6 Å². The molecule has 2 aliphatic heterocycles. The van der Waals surface area contributed by atoms with Crippen molar-refractivity contribution in [3.05, 3.63) is 12.1 Å². The van der Waals surface area contributed by atoms with E-state index in [9.17, 15) is 13.2 Å². The van der Waals surface area contributed by atoms with E-state index in [-0.39, 0.29) is 25.2 Å². The highest BCUT2D eigenvalue weighted by molar-refractivity contribution is 7.92. The first-order chi connectivity index (χ1) is 12.4. The van der Waals surface area contributed by atoms with E-state index in [1.807, 2.05) is 6.07 Å². The van der Waals surface area contributed by atoms with Gasteiger partial charge in [-0.2, -0.15) is 0 Å². The maximum atomic E-state index is 12.2. The molecule has 26 heavy (non-hydrogen) atoms. The number of aromatic nitrogens is 1. The van der Waals surface area contributed by atoms with Crippen LogP contribution in [-0.2, 0) is 10.0 Å². The molecule has 4 rings (SSSR count). The minimum absolute atomic E-state index is 0.228. The molecule has 10 heteroatoms. The Morgan fingerprint density at radius 1 is 1.42 bits per heavy atom. The highest BCUT2D eigenvalue weighted by Gasteiger charge is 2.35. The summed E-state index contributed by atoms with van der Waals surface area (Å²) in [5.74, 6) is 6.29. The fourth-order valence-electron chi connectivity index (χ4n) is 3.10. The minimum Gasteiger partial charge on any atom is -0.489 e. The van der Waals surface area contributed by atoms with Crippen LogP contribution in [0.3, 0.4) is 0 Å².